The molecule has 2 saturated heterocycles. The van der Waals surface area contributed by atoms with E-state index in [1.54, 1.807) is 17.0 Å². The number of oxazole rings is 1. The molecule has 4 rings (SSSR count). The molecule has 0 atom stereocenters. The molecule has 0 bridgehead atoms. The molecular formula is C18H22N4O4. The Balaban J connectivity index is 1.40. The fraction of sp³-hybridized carbons (Fsp3) is 0.556. The molecule has 8 nitrogen and oxygen atoms in total. The van der Waals surface area contributed by atoms with E-state index < -0.39 is 5.76 Å². The molecule has 26 heavy (non-hydrogen) atoms. The first kappa shape index (κ1) is 16.8. The summed E-state index contributed by atoms with van der Waals surface area (Å²) < 4.78 is 4.91. The Bertz CT molecular complexity index is 909. The van der Waals surface area contributed by atoms with E-state index in [-0.39, 0.29) is 22.9 Å². The first-order valence-corrected chi connectivity index (χ1v) is 9.07. The van der Waals surface area contributed by atoms with Crippen LogP contribution in [0.4, 0.5) is 0 Å². The molecule has 2 amide bonds. The zero-order valence-electron chi connectivity index (χ0n) is 14.8. The van der Waals surface area contributed by atoms with Crippen molar-refractivity contribution in [1.82, 2.24) is 19.8 Å². The number of carbonyl (C=O) groups is 2. The maximum Gasteiger partial charge on any atom is 0.418 e. The third kappa shape index (κ3) is 2.89. The van der Waals surface area contributed by atoms with Crippen LogP contribution in [0.5, 0.6) is 0 Å². The van der Waals surface area contributed by atoms with Gasteiger partial charge in [0.2, 0.25) is 5.91 Å². The monoisotopic (exact) mass is 358 g/mol. The maximum absolute atomic E-state index is 12.7. The number of pyridine rings is 1. The van der Waals surface area contributed by atoms with Crippen LogP contribution in [0.3, 0.4) is 0 Å². The van der Waals surface area contributed by atoms with E-state index in [0.717, 1.165) is 32.4 Å². The molecule has 4 heterocycles. The molecule has 0 aromatic carbocycles. The van der Waals surface area contributed by atoms with E-state index in [1.807, 2.05) is 4.90 Å². The summed E-state index contributed by atoms with van der Waals surface area (Å²) >= 11 is 0. The molecule has 2 aromatic rings. The minimum Gasteiger partial charge on any atom is -0.406 e. The lowest BCUT2D eigenvalue weighted by atomic mass is 9.79. The largest absolute Gasteiger partial charge is 0.418 e. The van der Waals surface area contributed by atoms with Gasteiger partial charge >= 0.3 is 5.76 Å². The van der Waals surface area contributed by atoms with E-state index >= 15 is 0 Å². The second kappa shape index (κ2) is 6.26. The van der Waals surface area contributed by atoms with Crippen LogP contribution >= 0.6 is 0 Å². The summed E-state index contributed by atoms with van der Waals surface area (Å²) in [6.45, 7) is 4.86. The van der Waals surface area contributed by atoms with Crippen molar-refractivity contribution >= 4 is 23.0 Å². The number of nitrogens with zero attached hydrogens (tertiary/aromatic N) is 3. The number of aromatic nitrogens is 2. The van der Waals surface area contributed by atoms with E-state index in [2.05, 4.69) is 16.9 Å². The number of rotatable bonds is 4. The zero-order chi connectivity index (χ0) is 18.3. The average molecular weight is 358 g/mol. The van der Waals surface area contributed by atoms with Gasteiger partial charge in [-0.3, -0.25) is 14.6 Å². The van der Waals surface area contributed by atoms with Crippen LogP contribution in [-0.2, 0) is 4.79 Å². The van der Waals surface area contributed by atoms with Gasteiger partial charge in [-0.25, -0.2) is 9.78 Å². The van der Waals surface area contributed by atoms with Gasteiger partial charge in [0.05, 0.1) is 0 Å². The number of aromatic amines is 1. The zero-order valence-corrected chi connectivity index (χ0v) is 14.8. The predicted molar refractivity (Wildman–Crippen MR) is 93.7 cm³/mol. The number of H-pyrrole nitrogens is 1. The molecule has 1 N–H and O–H groups in total. The van der Waals surface area contributed by atoms with Crippen LogP contribution in [0.1, 0.15) is 43.1 Å². The molecular weight excluding hydrogens is 336 g/mol. The Labute approximate surface area is 150 Å². The number of nitrogens with one attached hydrogen (secondary N) is 1. The van der Waals surface area contributed by atoms with Gasteiger partial charge in [-0.2, -0.15) is 0 Å². The molecule has 0 aliphatic carbocycles. The van der Waals surface area contributed by atoms with Gasteiger partial charge in [-0.15, -0.1) is 0 Å². The predicted octanol–water partition coefficient (Wildman–Crippen LogP) is 1.38. The van der Waals surface area contributed by atoms with Gasteiger partial charge < -0.3 is 14.2 Å². The highest BCUT2D eigenvalue weighted by Gasteiger charge is 2.50. The molecule has 0 saturated carbocycles. The van der Waals surface area contributed by atoms with Crippen molar-refractivity contribution in [1.29, 1.82) is 0 Å². The van der Waals surface area contributed by atoms with Crippen LogP contribution in [0.25, 0.3) is 11.2 Å². The Hall–Kier alpha value is -2.64. The smallest absolute Gasteiger partial charge is 0.406 e. The average Bonchev–Trinajstić information content (AvgIpc) is 3.20. The second-order valence-electron chi connectivity index (χ2n) is 7.39. The molecule has 1 spiro atoms. The van der Waals surface area contributed by atoms with Crippen molar-refractivity contribution < 1.29 is 14.0 Å². The van der Waals surface area contributed by atoms with Crippen molar-refractivity contribution in [2.45, 2.75) is 32.6 Å². The number of amides is 2. The van der Waals surface area contributed by atoms with Crippen molar-refractivity contribution in [3.63, 3.8) is 0 Å². The summed E-state index contributed by atoms with van der Waals surface area (Å²) in [5.74, 6) is -0.514. The lowest BCUT2D eigenvalue weighted by Crippen LogP contribution is -2.59. The summed E-state index contributed by atoms with van der Waals surface area (Å²) in [5.41, 5.74) is 0.948. The highest BCUT2D eigenvalue weighted by atomic mass is 16.4. The molecule has 138 valence electrons. The van der Waals surface area contributed by atoms with Gasteiger partial charge in [-0.1, -0.05) is 13.3 Å². The highest BCUT2D eigenvalue weighted by Crippen LogP contribution is 2.40. The molecule has 0 unspecified atom stereocenters. The molecule has 2 fully saturated rings. The van der Waals surface area contributed by atoms with Crippen LogP contribution in [-0.4, -0.2) is 57.8 Å². The van der Waals surface area contributed by atoms with Crippen molar-refractivity contribution in [2.24, 2.45) is 5.41 Å². The normalized spacial score (nSPS) is 18.5. The number of hydrogen-bond acceptors (Lipinski definition) is 5. The Morgan fingerprint density at radius 1 is 1.27 bits per heavy atom. The standard InChI is InChI=1S/C18H22N4O4/c1-2-3-4-14(23)22-10-18(11-22)7-8-21(9-18)16(24)12-5-6-13-15(19-12)20-17(25)26-13/h5-6H,2-4,7-11H2,1H3,(H,19,20,25). The van der Waals surface area contributed by atoms with Gasteiger partial charge in [0.15, 0.2) is 11.2 Å². The first-order chi connectivity index (χ1) is 12.5. The first-order valence-electron chi connectivity index (χ1n) is 9.07. The number of carbonyl (C=O) groups excluding carboxylic acids is 2. The van der Waals surface area contributed by atoms with E-state index in [0.29, 0.717) is 30.8 Å². The summed E-state index contributed by atoms with van der Waals surface area (Å²) in [6.07, 6.45) is 3.46. The third-order valence-electron chi connectivity index (χ3n) is 5.38. The molecule has 2 aromatic heterocycles. The van der Waals surface area contributed by atoms with Crippen molar-refractivity contribution in [3.8, 4) is 0 Å². The van der Waals surface area contributed by atoms with Gasteiger partial charge in [0.25, 0.3) is 5.91 Å². The van der Waals surface area contributed by atoms with Crippen molar-refractivity contribution in [2.75, 3.05) is 26.2 Å². The summed E-state index contributed by atoms with van der Waals surface area (Å²) in [7, 11) is 0. The van der Waals surface area contributed by atoms with E-state index in [9.17, 15) is 14.4 Å². The SMILES string of the molecule is CCCCC(=O)N1CC2(CCN(C(=O)c3ccc4oc(=O)[nH]c4n3)C2)C1. The van der Waals surface area contributed by atoms with Crippen LogP contribution in [0.2, 0.25) is 0 Å². The number of hydrogen-bond donors (Lipinski definition) is 1. The number of likely N-dealkylation sites (tertiary alicyclic amines) is 2. The van der Waals surface area contributed by atoms with Crippen LogP contribution in [0.15, 0.2) is 21.3 Å². The third-order valence-corrected chi connectivity index (χ3v) is 5.38. The minimum absolute atomic E-state index is 0.0333. The van der Waals surface area contributed by atoms with Gasteiger partial charge in [0.1, 0.15) is 5.69 Å². The van der Waals surface area contributed by atoms with Crippen LogP contribution < -0.4 is 5.76 Å². The fourth-order valence-corrected chi connectivity index (χ4v) is 3.91. The molecule has 2 aliphatic heterocycles. The van der Waals surface area contributed by atoms with E-state index in [1.165, 1.54) is 0 Å². The minimum atomic E-state index is -0.584. The number of fused-ring (bicyclic) bond motifs is 1. The lowest BCUT2D eigenvalue weighted by Gasteiger charge is -2.48. The van der Waals surface area contributed by atoms with Crippen LogP contribution in [0, 0.1) is 5.41 Å². The Kier molecular flexibility index (Phi) is 4.05. The quantitative estimate of drug-likeness (QED) is 0.890. The van der Waals surface area contributed by atoms with Gasteiger partial charge in [0, 0.05) is 38.0 Å². The second-order valence-corrected chi connectivity index (χ2v) is 7.39. The fourth-order valence-electron chi connectivity index (χ4n) is 3.91. The topological polar surface area (TPSA) is 99.5 Å². The Morgan fingerprint density at radius 2 is 2.04 bits per heavy atom. The molecule has 0 radical (unpaired) electrons. The Morgan fingerprint density at radius 3 is 2.81 bits per heavy atom. The molecule has 2 aliphatic rings. The summed E-state index contributed by atoms with van der Waals surface area (Å²) in [6, 6.07) is 3.16. The summed E-state index contributed by atoms with van der Waals surface area (Å²) in [5, 5.41) is 0. The maximum atomic E-state index is 12.7. The van der Waals surface area contributed by atoms with Crippen molar-refractivity contribution in [3.05, 3.63) is 28.4 Å². The van der Waals surface area contributed by atoms with Gasteiger partial charge in [-0.05, 0) is 25.0 Å². The van der Waals surface area contributed by atoms with E-state index in [4.69, 9.17) is 4.42 Å². The highest BCUT2D eigenvalue weighted by molar-refractivity contribution is 5.94. The lowest BCUT2D eigenvalue weighted by molar-refractivity contribution is -0.142. The summed E-state index contributed by atoms with van der Waals surface area (Å²) in [4.78, 5) is 46.4. The molecule has 8 heteroatoms. The number of unbranched alkanes of at least 4 members (excludes halogenated alkanes) is 1.